The van der Waals surface area contributed by atoms with Gasteiger partial charge in [-0.05, 0) is 68.2 Å². The normalized spacial score (nSPS) is 25.1. The Morgan fingerprint density at radius 3 is 3.35 bits per heavy atom. The van der Waals surface area contributed by atoms with Crippen LogP contribution in [-0.4, -0.2) is 31.1 Å². The van der Waals surface area contributed by atoms with Crippen molar-refractivity contribution < 1.29 is 0 Å². The first kappa shape index (κ1) is 11.7. The molecule has 2 aliphatic rings. The first-order chi connectivity index (χ1) is 8.42. The summed E-state index contributed by atoms with van der Waals surface area (Å²) in [5, 5.41) is 5.71. The number of nitrogens with zero attached hydrogens (tertiary/aromatic N) is 1. The van der Waals surface area contributed by atoms with Crippen molar-refractivity contribution in [3.05, 3.63) is 21.9 Å². The minimum atomic E-state index is 0.955. The summed E-state index contributed by atoms with van der Waals surface area (Å²) < 4.78 is 0. The van der Waals surface area contributed by atoms with Crippen LogP contribution in [0.25, 0.3) is 0 Å². The summed E-state index contributed by atoms with van der Waals surface area (Å²) in [5.41, 5.74) is 1.59. The third kappa shape index (κ3) is 2.90. The van der Waals surface area contributed by atoms with Crippen molar-refractivity contribution in [2.24, 2.45) is 5.92 Å². The van der Waals surface area contributed by atoms with Gasteiger partial charge in [-0.2, -0.15) is 0 Å². The Labute approximate surface area is 108 Å². The lowest BCUT2D eigenvalue weighted by atomic mass is 10.0. The number of rotatable bonds is 4. The van der Waals surface area contributed by atoms with Gasteiger partial charge in [-0.1, -0.05) is 0 Å². The van der Waals surface area contributed by atoms with Gasteiger partial charge in [-0.15, -0.1) is 11.3 Å². The number of hydrogen-bond donors (Lipinski definition) is 1. The lowest BCUT2D eigenvalue weighted by molar-refractivity contribution is 0.245. The SMILES string of the molecule is c1cc2c(s1)CCN(CCCC1CCNC1)C2. The quantitative estimate of drug-likeness (QED) is 0.883. The molecular formula is C14H22N2S. The molecule has 1 aromatic rings. The van der Waals surface area contributed by atoms with Gasteiger partial charge >= 0.3 is 0 Å². The molecule has 3 rings (SSSR count). The first-order valence-electron chi connectivity index (χ1n) is 6.90. The van der Waals surface area contributed by atoms with Gasteiger partial charge in [0.1, 0.15) is 0 Å². The second-order valence-corrected chi connectivity index (χ2v) is 6.40. The molecule has 0 aliphatic carbocycles. The fourth-order valence-corrected chi connectivity index (χ4v) is 3.95. The van der Waals surface area contributed by atoms with Crippen molar-refractivity contribution in [2.45, 2.75) is 32.2 Å². The van der Waals surface area contributed by atoms with Crippen LogP contribution < -0.4 is 5.32 Å². The molecular weight excluding hydrogens is 228 g/mol. The molecule has 0 saturated carbocycles. The molecule has 2 aliphatic heterocycles. The molecule has 1 fully saturated rings. The molecule has 94 valence electrons. The van der Waals surface area contributed by atoms with Gasteiger partial charge < -0.3 is 5.32 Å². The maximum absolute atomic E-state index is 3.46. The highest BCUT2D eigenvalue weighted by Crippen LogP contribution is 2.24. The zero-order chi connectivity index (χ0) is 11.5. The summed E-state index contributed by atoms with van der Waals surface area (Å²) in [6, 6.07) is 2.31. The standard InChI is InChI=1S/C14H22N2S/c1(2-12-3-6-15-10-12)7-16-8-4-14-13(11-16)5-9-17-14/h5,9,12,15H,1-4,6-8,10-11H2. The van der Waals surface area contributed by atoms with Crippen LogP contribution in [0.1, 0.15) is 29.7 Å². The van der Waals surface area contributed by atoms with Crippen molar-refractivity contribution >= 4 is 11.3 Å². The summed E-state index contributed by atoms with van der Waals surface area (Å²) in [7, 11) is 0. The summed E-state index contributed by atoms with van der Waals surface area (Å²) in [6.45, 7) is 6.27. The summed E-state index contributed by atoms with van der Waals surface area (Å²) >= 11 is 1.94. The van der Waals surface area contributed by atoms with Gasteiger partial charge in [0.25, 0.3) is 0 Å². The van der Waals surface area contributed by atoms with Crippen molar-refractivity contribution in [3.8, 4) is 0 Å². The van der Waals surface area contributed by atoms with Gasteiger partial charge in [0.2, 0.25) is 0 Å². The van der Waals surface area contributed by atoms with E-state index in [-0.39, 0.29) is 0 Å². The van der Waals surface area contributed by atoms with Gasteiger partial charge in [-0.25, -0.2) is 0 Å². The van der Waals surface area contributed by atoms with Crippen LogP contribution in [0.3, 0.4) is 0 Å². The Bertz CT molecular complexity index is 355. The zero-order valence-electron chi connectivity index (χ0n) is 10.5. The lowest BCUT2D eigenvalue weighted by Gasteiger charge is -2.27. The van der Waals surface area contributed by atoms with E-state index in [0.717, 1.165) is 5.92 Å². The highest BCUT2D eigenvalue weighted by atomic mass is 32.1. The van der Waals surface area contributed by atoms with E-state index in [4.69, 9.17) is 0 Å². The second-order valence-electron chi connectivity index (χ2n) is 5.40. The van der Waals surface area contributed by atoms with Crippen LogP contribution in [0.2, 0.25) is 0 Å². The maximum Gasteiger partial charge on any atom is 0.0244 e. The van der Waals surface area contributed by atoms with Gasteiger partial charge in [0.15, 0.2) is 0 Å². The summed E-state index contributed by atoms with van der Waals surface area (Å²) in [6.07, 6.45) is 5.47. The molecule has 1 atom stereocenters. The second kappa shape index (κ2) is 5.51. The summed E-state index contributed by atoms with van der Waals surface area (Å²) in [5.74, 6) is 0.955. The monoisotopic (exact) mass is 250 g/mol. The van der Waals surface area contributed by atoms with E-state index in [2.05, 4.69) is 21.7 Å². The third-order valence-corrected chi connectivity index (χ3v) is 5.16. The van der Waals surface area contributed by atoms with E-state index in [0.29, 0.717) is 0 Å². The fraction of sp³-hybridized carbons (Fsp3) is 0.714. The molecule has 0 bridgehead atoms. The molecule has 1 aromatic heterocycles. The van der Waals surface area contributed by atoms with E-state index in [1.54, 1.807) is 10.4 Å². The minimum Gasteiger partial charge on any atom is -0.316 e. The van der Waals surface area contributed by atoms with Crippen LogP contribution in [-0.2, 0) is 13.0 Å². The van der Waals surface area contributed by atoms with E-state index >= 15 is 0 Å². The molecule has 1 unspecified atom stereocenters. The van der Waals surface area contributed by atoms with Gasteiger partial charge in [0.05, 0.1) is 0 Å². The Balaban J connectivity index is 1.41. The van der Waals surface area contributed by atoms with Crippen LogP contribution in [0.5, 0.6) is 0 Å². The minimum absolute atomic E-state index is 0.955. The molecule has 3 heteroatoms. The van der Waals surface area contributed by atoms with E-state index in [9.17, 15) is 0 Å². The van der Waals surface area contributed by atoms with Gasteiger partial charge in [0, 0.05) is 18.0 Å². The molecule has 3 heterocycles. The number of fused-ring (bicyclic) bond motifs is 1. The molecule has 17 heavy (non-hydrogen) atoms. The maximum atomic E-state index is 3.46. The average Bonchev–Trinajstić information content (AvgIpc) is 2.98. The predicted octanol–water partition coefficient (Wildman–Crippen LogP) is 2.50. The van der Waals surface area contributed by atoms with Crippen molar-refractivity contribution in [2.75, 3.05) is 26.2 Å². The van der Waals surface area contributed by atoms with Crippen molar-refractivity contribution in [1.82, 2.24) is 10.2 Å². The highest BCUT2D eigenvalue weighted by molar-refractivity contribution is 7.10. The highest BCUT2D eigenvalue weighted by Gasteiger charge is 2.18. The fourth-order valence-electron chi connectivity index (χ4n) is 3.06. The Morgan fingerprint density at radius 2 is 2.47 bits per heavy atom. The molecule has 0 amide bonds. The Hall–Kier alpha value is -0.380. The average molecular weight is 250 g/mol. The molecule has 0 radical (unpaired) electrons. The number of thiophene rings is 1. The van der Waals surface area contributed by atoms with Crippen LogP contribution in [0.4, 0.5) is 0 Å². The Kier molecular flexibility index (Phi) is 3.79. The smallest absolute Gasteiger partial charge is 0.0244 e. The van der Waals surface area contributed by atoms with Crippen LogP contribution in [0, 0.1) is 5.92 Å². The molecule has 1 saturated heterocycles. The summed E-state index contributed by atoms with van der Waals surface area (Å²) in [4.78, 5) is 4.26. The third-order valence-electron chi connectivity index (χ3n) is 4.14. The van der Waals surface area contributed by atoms with E-state index in [1.165, 1.54) is 58.4 Å². The number of hydrogen-bond acceptors (Lipinski definition) is 3. The van der Waals surface area contributed by atoms with Crippen LogP contribution in [0.15, 0.2) is 11.4 Å². The van der Waals surface area contributed by atoms with Crippen molar-refractivity contribution in [3.63, 3.8) is 0 Å². The lowest BCUT2D eigenvalue weighted by Crippen LogP contribution is -2.30. The van der Waals surface area contributed by atoms with E-state index in [1.807, 2.05) is 11.3 Å². The molecule has 1 N–H and O–H groups in total. The largest absolute Gasteiger partial charge is 0.316 e. The molecule has 0 spiro atoms. The molecule has 2 nitrogen and oxygen atoms in total. The van der Waals surface area contributed by atoms with Gasteiger partial charge in [-0.3, -0.25) is 4.90 Å². The topological polar surface area (TPSA) is 15.3 Å². The first-order valence-corrected chi connectivity index (χ1v) is 7.78. The predicted molar refractivity (Wildman–Crippen MR) is 73.5 cm³/mol. The van der Waals surface area contributed by atoms with E-state index < -0.39 is 0 Å². The van der Waals surface area contributed by atoms with Crippen molar-refractivity contribution in [1.29, 1.82) is 0 Å². The Morgan fingerprint density at radius 1 is 1.47 bits per heavy atom. The number of nitrogens with one attached hydrogen (secondary N) is 1. The molecule has 0 aromatic carbocycles. The zero-order valence-corrected chi connectivity index (χ0v) is 11.3. The van der Waals surface area contributed by atoms with Crippen LogP contribution >= 0.6 is 11.3 Å².